The summed E-state index contributed by atoms with van der Waals surface area (Å²) >= 11 is 0. The second-order valence-corrected chi connectivity index (χ2v) is 5.41. The molecule has 86 valence electrons. The summed E-state index contributed by atoms with van der Waals surface area (Å²) < 4.78 is 3.27. The van der Waals surface area contributed by atoms with Gasteiger partial charge in [-0.15, -0.1) is 0 Å². The summed E-state index contributed by atoms with van der Waals surface area (Å²) in [6.45, 7) is 0. The standard InChI is InChI=1S/C8H12N6S2/c1-13-7(9)5(3-11-13)15-16-6-4-12-14(2)8(6)10/h3-4H,9-10H2,1-2H3. The smallest absolute Gasteiger partial charge is 0.136 e. The van der Waals surface area contributed by atoms with Crippen LogP contribution in [-0.4, -0.2) is 19.6 Å². The molecule has 0 unspecified atom stereocenters. The molecule has 0 aliphatic carbocycles. The molecule has 0 radical (unpaired) electrons. The Bertz CT molecular complexity index is 456. The van der Waals surface area contributed by atoms with E-state index in [-0.39, 0.29) is 0 Å². The molecule has 0 amide bonds. The van der Waals surface area contributed by atoms with Crippen LogP contribution in [0.3, 0.4) is 0 Å². The quantitative estimate of drug-likeness (QED) is 0.800. The fraction of sp³-hybridized carbons (Fsp3) is 0.250. The normalized spacial score (nSPS) is 10.9. The Morgan fingerprint density at radius 3 is 1.56 bits per heavy atom. The van der Waals surface area contributed by atoms with Crippen molar-refractivity contribution >= 4 is 33.2 Å². The van der Waals surface area contributed by atoms with Crippen LogP contribution in [0.1, 0.15) is 0 Å². The van der Waals surface area contributed by atoms with Gasteiger partial charge in [0.15, 0.2) is 0 Å². The molecule has 0 bridgehead atoms. The highest BCUT2D eigenvalue weighted by molar-refractivity contribution is 8.76. The number of hydrogen-bond acceptors (Lipinski definition) is 6. The molecule has 0 aliphatic rings. The fourth-order valence-electron chi connectivity index (χ4n) is 1.07. The topological polar surface area (TPSA) is 87.7 Å². The van der Waals surface area contributed by atoms with Crippen LogP contribution >= 0.6 is 21.6 Å². The number of hydrogen-bond donors (Lipinski definition) is 2. The van der Waals surface area contributed by atoms with Gasteiger partial charge in [0.2, 0.25) is 0 Å². The van der Waals surface area contributed by atoms with Crippen LogP contribution < -0.4 is 11.5 Å². The summed E-state index contributed by atoms with van der Waals surface area (Å²) in [5.74, 6) is 1.31. The molecule has 2 rings (SSSR count). The predicted molar refractivity (Wildman–Crippen MR) is 67.0 cm³/mol. The lowest BCUT2D eigenvalue weighted by Gasteiger charge is -2.00. The molecular weight excluding hydrogens is 244 g/mol. The summed E-state index contributed by atoms with van der Waals surface area (Å²) in [5, 5.41) is 8.12. The molecule has 6 nitrogen and oxygen atoms in total. The lowest BCUT2D eigenvalue weighted by molar-refractivity contribution is 0.778. The van der Waals surface area contributed by atoms with Gasteiger partial charge in [0, 0.05) is 14.1 Å². The molecule has 0 saturated heterocycles. The van der Waals surface area contributed by atoms with Crippen LogP contribution in [0, 0.1) is 0 Å². The van der Waals surface area contributed by atoms with Gasteiger partial charge in [-0.2, -0.15) is 10.2 Å². The number of nitrogens with two attached hydrogens (primary N) is 2. The average molecular weight is 256 g/mol. The van der Waals surface area contributed by atoms with Crippen LogP contribution in [0.25, 0.3) is 0 Å². The summed E-state index contributed by atoms with van der Waals surface area (Å²) in [7, 11) is 6.66. The van der Waals surface area contributed by atoms with Gasteiger partial charge in [-0.1, -0.05) is 0 Å². The number of aryl methyl sites for hydroxylation is 2. The van der Waals surface area contributed by atoms with E-state index in [0.717, 1.165) is 9.79 Å². The summed E-state index contributed by atoms with van der Waals surface area (Å²) in [6, 6.07) is 0. The SMILES string of the molecule is Cn1ncc(SSc2cnn(C)c2N)c1N. The molecule has 2 aromatic rings. The molecule has 0 atom stereocenters. The van der Waals surface area contributed by atoms with Crippen LogP contribution in [0.15, 0.2) is 22.2 Å². The second kappa shape index (κ2) is 4.30. The van der Waals surface area contributed by atoms with Gasteiger partial charge in [0.25, 0.3) is 0 Å². The van der Waals surface area contributed by atoms with Gasteiger partial charge in [-0.25, -0.2) is 0 Å². The monoisotopic (exact) mass is 256 g/mol. The van der Waals surface area contributed by atoms with Gasteiger partial charge in [-0.3, -0.25) is 9.36 Å². The largest absolute Gasteiger partial charge is 0.383 e. The van der Waals surface area contributed by atoms with Crippen molar-refractivity contribution in [3.05, 3.63) is 12.4 Å². The molecule has 0 aliphatic heterocycles. The van der Waals surface area contributed by atoms with E-state index in [9.17, 15) is 0 Å². The van der Waals surface area contributed by atoms with Gasteiger partial charge in [-0.05, 0) is 21.6 Å². The van der Waals surface area contributed by atoms with E-state index in [2.05, 4.69) is 10.2 Å². The van der Waals surface area contributed by atoms with Crippen molar-refractivity contribution in [3.8, 4) is 0 Å². The maximum atomic E-state index is 5.82. The van der Waals surface area contributed by atoms with E-state index in [0.29, 0.717) is 11.6 Å². The summed E-state index contributed by atoms with van der Waals surface area (Å²) in [4.78, 5) is 1.85. The first-order valence-electron chi connectivity index (χ1n) is 4.49. The third-order valence-electron chi connectivity index (χ3n) is 2.12. The average Bonchev–Trinajstić information content (AvgIpc) is 2.74. The van der Waals surface area contributed by atoms with Crippen molar-refractivity contribution < 1.29 is 0 Å². The highest BCUT2D eigenvalue weighted by Crippen LogP contribution is 2.41. The van der Waals surface area contributed by atoms with Gasteiger partial charge >= 0.3 is 0 Å². The van der Waals surface area contributed by atoms with Gasteiger partial charge in [0.1, 0.15) is 11.6 Å². The van der Waals surface area contributed by atoms with E-state index < -0.39 is 0 Å². The maximum absolute atomic E-state index is 5.82. The number of anilines is 2. The Morgan fingerprint density at radius 1 is 0.938 bits per heavy atom. The molecule has 2 heterocycles. The highest BCUT2D eigenvalue weighted by atomic mass is 33.1. The number of rotatable bonds is 3. The van der Waals surface area contributed by atoms with Crippen molar-refractivity contribution in [3.63, 3.8) is 0 Å². The molecule has 0 fully saturated rings. The fourth-order valence-corrected chi connectivity index (χ4v) is 3.18. The molecule has 16 heavy (non-hydrogen) atoms. The zero-order chi connectivity index (χ0) is 11.7. The first-order chi connectivity index (χ1) is 7.59. The van der Waals surface area contributed by atoms with E-state index >= 15 is 0 Å². The van der Waals surface area contributed by atoms with Crippen molar-refractivity contribution in [1.29, 1.82) is 0 Å². The molecule has 0 saturated carbocycles. The van der Waals surface area contributed by atoms with E-state index in [4.69, 9.17) is 11.5 Å². The Morgan fingerprint density at radius 2 is 1.31 bits per heavy atom. The summed E-state index contributed by atoms with van der Waals surface area (Å²) in [6.07, 6.45) is 3.47. The van der Waals surface area contributed by atoms with Crippen molar-refractivity contribution in [2.24, 2.45) is 14.1 Å². The Hall–Kier alpha value is -1.28. The van der Waals surface area contributed by atoms with Gasteiger partial charge in [0.05, 0.1) is 22.2 Å². The minimum atomic E-state index is 0.653. The lowest BCUT2D eigenvalue weighted by atomic mass is 10.6. The van der Waals surface area contributed by atoms with Gasteiger partial charge < -0.3 is 11.5 Å². The Balaban J connectivity index is 2.08. The zero-order valence-corrected chi connectivity index (χ0v) is 10.5. The third kappa shape index (κ3) is 1.98. The maximum Gasteiger partial charge on any atom is 0.136 e. The number of aromatic nitrogens is 4. The lowest BCUT2D eigenvalue weighted by Crippen LogP contribution is -1.97. The van der Waals surface area contributed by atoms with Crippen LogP contribution in [0.4, 0.5) is 11.6 Å². The Kier molecular flexibility index (Phi) is 3.01. The first-order valence-corrected chi connectivity index (χ1v) is 6.64. The molecule has 4 N–H and O–H groups in total. The second-order valence-electron chi connectivity index (χ2n) is 3.20. The molecular formula is C8H12N6S2. The molecule has 0 spiro atoms. The van der Waals surface area contributed by atoms with Crippen molar-refractivity contribution in [2.75, 3.05) is 11.5 Å². The minimum absolute atomic E-state index is 0.653. The Labute approximate surface area is 101 Å². The van der Waals surface area contributed by atoms with Crippen LogP contribution in [0.2, 0.25) is 0 Å². The van der Waals surface area contributed by atoms with Crippen molar-refractivity contribution in [1.82, 2.24) is 19.6 Å². The van der Waals surface area contributed by atoms with Crippen LogP contribution in [-0.2, 0) is 14.1 Å². The minimum Gasteiger partial charge on any atom is -0.383 e. The predicted octanol–water partition coefficient (Wildman–Crippen LogP) is 1.12. The summed E-state index contributed by atoms with van der Waals surface area (Å²) in [5.41, 5.74) is 11.6. The zero-order valence-electron chi connectivity index (χ0n) is 8.91. The van der Waals surface area contributed by atoms with Crippen LogP contribution in [0.5, 0.6) is 0 Å². The van der Waals surface area contributed by atoms with E-state index in [1.165, 1.54) is 21.6 Å². The highest BCUT2D eigenvalue weighted by Gasteiger charge is 2.10. The molecule has 8 heteroatoms. The molecule has 2 aromatic heterocycles. The number of nitrogen functional groups attached to an aromatic ring is 2. The first kappa shape index (κ1) is 11.2. The van der Waals surface area contributed by atoms with E-state index in [1.54, 1.807) is 21.8 Å². The van der Waals surface area contributed by atoms with Crippen molar-refractivity contribution in [2.45, 2.75) is 9.79 Å². The number of nitrogens with zero attached hydrogens (tertiary/aromatic N) is 4. The third-order valence-corrected chi connectivity index (χ3v) is 4.52. The molecule has 0 aromatic carbocycles. The van der Waals surface area contributed by atoms with E-state index in [1.807, 2.05) is 14.1 Å².